The van der Waals surface area contributed by atoms with Crippen molar-refractivity contribution >= 4 is 29.1 Å². The number of anilines is 3. The van der Waals surface area contributed by atoms with Gasteiger partial charge in [-0.3, -0.25) is 0 Å². The number of halogens is 2. The molecule has 0 radical (unpaired) electrons. The minimum atomic E-state index is -0.450. The standard InChI is InChI=1S/C11H10ClFN4/c1-6-5-15-11(14)17-10(6)16-9-3-2-7(12)4-8(9)13/h2-5H,1H3,(H3,14,15,16,17). The van der Waals surface area contributed by atoms with Crippen LogP contribution in [0.1, 0.15) is 5.56 Å². The lowest BCUT2D eigenvalue weighted by molar-refractivity contribution is 0.632. The molecule has 6 heteroatoms. The van der Waals surface area contributed by atoms with Crippen molar-refractivity contribution in [1.82, 2.24) is 9.97 Å². The molecule has 0 bridgehead atoms. The summed E-state index contributed by atoms with van der Waals surface area (Å²) >= 11 is 5.66. The van der Waals surface area contributed by atoms with Gasteiger partial charge in [0.15, 0.2) is 0 Å². The lowest BCUT2D eigenvalue weighted by Crippen LogP contribution is -2.03. The molecule has 0 saturated carbocycles. The van der Waals surface area contributed by atoms with Crippen molar-refractivity contribution in [3.63, 3.8) is 0 Å². The second kappa shape index (κ2) is 4.55. The van der Waals surface area contributed by atoms with E-state index in [1.54, 1.807) is 19.2 Å². The van der Waals surface area contributed by atoms with Gasteiger partial charge in [-0.2, -0.15) is 4.98 Å². The molecule has 0 atom stereocenters. The Morgan fingerprint density at radius 2 is 2.18 bits per heavy atom. The molecule has 0 fully saturated rings. The molecule has 0 aliphatic rings. The summed E-state index contributed by atoms with van der Waals surface area (Å²) in [6.07, 6.45) is 1.57. The maximum atomic E-state index is 13.5. The molecule has 17 heavy (non-hydrogen) atoms. The van der Waals surface area contributed by atoms with E-state index in [2.05, 4.69) is 15.3 Å². The summed E-state index contributed by atoms with van der Waals surface area (Å²) in [6, 6.07) is 4.35. The van der Waals surface area contributed by atoms with E-state index in [1.807, 2.05) is 0 Å². The minimum Gasteiger partial charge on any atom is -0.368 e. The molecule has 0 spiro atoms. The van der Waals surface area contributed by atoms with Gasteiger partial charge in [0.25, 0.3) is 0 Å². The molecule has 2 aromatic rings. The quantitative estimate of drug-likeness (QED) is 0.863. The molecule has 0 aliphatic carbocycles. The first kappa shape index (κ1) is 11.6. The van der Waals surface area contributed by atoms with Crippen LogP contribution in [0.2, 0.25) is 5.02 Å². The van der Waals surface area contributed by atoms with Crippen LogP contribution in [0.15, 0.2) is 24.4 Å². The van der Waals surface area contributed by atoms with Crippen molar-refractivity contribution in [3.05, 3.63) is 40.8 Å². The molecule has 2 rings (SSSR count). The number of aromatic nitrogens is 2. The third kappa shape index (κ3) is 2.62. The van der Waals surface area contributed by atoms with E-state index in [9.17, 15) is 4.39 Å². The van der Waals surface area contributed by atoms with Crippen LogP contribution in [-0.4, -0.2) is 9.97 Å². The lowest BCUT2D eigenvalue weighted by atomic mass is 10.3. The van der Waals surface area contributed by atoms with E-state index in [1.165, 1.54) is 12.1 Å². The molecule has 0 unspecified atom stereocenters. The summed E-state index contributed by atoms with van der Waals surface area (Å²) in [4.78, 5) is 7.82. The zero-order chi connectivity index (χ0) is 12.4. The predicted molar refractivity (Wildman–Crippen MR) is 65.9 cm³/mol. The van der Waals surface area contributed by atoms with E-state index < -0.39 is 5.82 Å². The van der Waals surface area contributed by atoms with Crippen LogP contribution in [0.3, 0.4) is 0 Å². The Morgan fingerprint density at radius 1 is 1.41 bits per heavy atom. The van der Waals surface area contributed by atoms with Crippen LogP contribution in [0.4, 0.5) is 21.8 Å². The number of hydrogen-bond donors (Lipinski definition) is 2. The molecular weight excluding hydrogens is 243 g/mol. The maximum Gasteiger partial charge on any atom is 0.221 e. The van der Waals surface area contributed by atoms with E-state index >= 15 is 0 Å². The van der Waals surface area contributed by atoms with Gasteiger partial charge in [-0.05, 0) is 25.1 Å². The van der Waals surface area contributed by atoms with Crippen LogP contribution >= 0.6 is 11.6 Å². The molecule has 0 aliphatic heterocycles. The van der Waals surface area contributed by atoms with E-state index in [4.69, 9.17) is 17.3 Å². The van der Waals surface area contributed by atoms with Gasteiger partial charge >= 0.3 is 0 Å². The summed E-state index contributed by atoms with van der Waals surface area (Å²) in [5, 5.41) is 3.18. The molecule has 1 heterocycles. The molecule has 1 aromatic heterocycles. The zero-order valence-electron chi connectivity index (χ0n) is 9.04. The third-order valence-electron chi connectivity index (χ3n) is 2.17. The molecule has 1 aromatic carbocycles. The van der Waals surface area contributed by atoms with Gasteiger partial charge in [0, 0.05) is 16.8 Å². The number of nitrogen functional groups attached to an aromatic ring is 1. The highest BCUT2D eigenvalue weighted by atomic mass is 35.5. The number of benzene rings is 1. The van der Waals surface area contributed by atoms with Crippen LogP contribution in [0.25, 0.3) is 0 Å². The van der Waals surface area contributed by atoms with Crippen LogP contribution in [-0.2, 0) is 0 Å². The van der Waals surface area contributed by atoms with Crippen molar-refractivity contribution in [2.75, 3.05) is 11.1 Å². The smallest absolute Gasteiger partial charge is 0.221 e. The average Bonchev–Trinajstić information content (AvgIpc) is 2.27. The van der Waals surface area contributed by atoms with Crippen molar-refractivity contribution in [2.24, 2.45) is 0 Å². The molecule has 0 amide bonds. The van der Waals surface area contributed by atoms with E-state index in [0.717, 1.165) is 5.56 Å². The Balaban J connectivity index is 2.34. The first-order chi connectivity index (χ1) is 8.06. The van der Waals surface area contributed by atoms with Crippen molar-refractivity contribution < 1.29 is 4.39 Å². The number of hydrogen-bond acceptors (Lipinski definition) is 4. The molecule has 0 saturated heterocycles. The lowest BCUT2D eigenvalue weighted by Gasteiger charge is -2.09. The SMILES string of the molecule is Cc1cnc(N)nc1Nc1ccc(Cl)cc1F. The van der Waals surface area contributed by atoms with Crippen LogP contribution < -0.4 is 11.1 Å². The monoisotopic (exact) mass is 252 g/mol. The highest BCUT2D eigenvalue weighted by molar-refractivity contribution is 6.30. The normalized spacial score (nSPS) is 10.3. The van der Waals surface area contributed by atoms with Crippen molar-refractivity contribution in [2.45, 2.75) is 6.92 Å². The fourth-order valence-corrected chi connectivity index (χ4v) is 1.46. The second-order valence-corrected chi connectivity index (χ2v) is 3.95. The summed E-state index contributed by atoms with van der Waals surface area (Å²) < 4.78 is 13.5. The second-order valence-electron chi connectivity index (χ2n) is 3.51. The van der Waals surface area contributed by atoms with Gasteiger partial charge in [0.05, 0.1) is 5.69 Å². The molecule has 3 N–H and O–H groups in total. The van der Waals surface area contributed by atoms with Gasteiger partial charge in [-0.25, -0.2) is 9.37 Å². The van der Waals surface area contributed by atoms with Gasteiger partial charge in [-0.15, -0.1) is 0 Å². The zero-order valence-corrected chi connectivity index (χ0v) is 9.79. The highest BCUT2D eigenvalue weighted by Crippen LogP contribution is 2.23. The first-order valence-electron chi connectivity index (χ1n) is 4.87. The Morgan fingerprint density at radius 3 is 2.88 bits per heavy atom. The molecule has 4 nitrogen and oxygen atoms in total. The Labute approximate surface area is 103 Å². The Bertz CT molecular complexity index is 559. The van der Waals surface area contributed by atoms with Crippen LogP contribution in [0.5, 0.6) is 0 Å². The number of nitrogens with two attached hydrogens (primary N) is 1. The fraction of sp³-hybridized carbons (Fsp3) is 0.0909. The number of nitrogens with zero attached hydrogens (tertiary/aromatic N) is 2. The van der Waals surface area contributed by atoms with Gasteiger partial charge in [-0.1, -0.05) is 11.6 Å². The minimum absolute atomic E-state index is 0.132. The van der Waals surface area contributed by atoms with Gasteiger partial charge < -0.3 is 11.1 Å². The molecule has 88 valence electrons. The Hall–Kier alpha value is -1.88. The van der Waals surface area contributed by atoms with E-state index in [0.29, 0.717) is 10.8 Å². The number of rotatable bonds is 2. The Kier molecular flexibility index (Phi) is 3.10. The average molecular weight is 253 g/mol. The summed E-state index contributed by atoms with van der Waals surface area (Å²) in [5.74, 6) is 0.153. The fourth-order valence-electron chi connectivity index (χ4n) is 1.30. The first-order valence-corrected chi connectivity index (χ1v) is 5.25. The third-order valence-corrected chi connectivity index (χ3v) is 2.41. The summed E-state index contributed by atoms with van der Waals surface area (Å²) in [6.45, 7) is 1.80. The van der Waals surface area contributed by atoms with Crippen molar-refractivity contribution in [1.29, 1.82) is 0 Å². The summed E-state index contributed by atoms with van der Waals surface area (Å²) in [7, 11) is 0. The van der Waals surface area contributed by atoms with Gasteiger partial charge in [0.1, 0.15) is 11.6 Å². The van der Waals surface area contributed by atoms with Gasteiger partial charge in [0.2, 0.25) is 5.95 Å². The maximum absolute atomic E-state index is 13.5. The van der Waals surface area contributed by atoms with Crippen molar-refractivity contribution in [3.8, 4) is 0 Å². The summed E-state index contributed by atoms with van der Waals surface area (Å²) in [5.41, 5.74) is 6.53. The van der Waals surface area contributed by atoms with E-state index in [-0.39, 0.29) is 11.6 Å². The molecular formula is C11H10ClFN4. The largest absolute Gasteiger partial charge is 0.368 e. The number of aryl methyl sites for hydroxylation is 1. The van der Waals surface area contributed by atoms with Crippen LogP contribution in [0, 0.1) is 12.7 Å². The topological polar surface area (TPSA) is 63.8 Å². The predicted octanol–water partition coefficient (Wildman–Crippen LogP) is 2.90. The highest BCUT2D eigenvalue weighted by Gasteiger charge is 2.06. The number of nitrogens with one attached hydrogen (secondary N) is 1.